The second-order valence-corrected chi connectivity index (χ2v) is 6.24. The van der Waals surface area contributed by atoms with E-state index in [9.17, 15) is 13.6 Å². The lowest BCUT2D eigenvalue weighted by Gasteiger charge is -2.27. The van der Waals surface area contributed by atoms with Gasteiger partial charge in [0.05, 0.1) is 29.8 Å². The number of nitrogens with one attached hydrogen (secondary N) is 1. The Bertz CT molecular complexity index is 990. The highest BCUT2D eigenvalue weighted by molar-refractivity contribution is 6.23. The Balaban J connectivity index is 1.79. The van der Waals surface area contributed by atoms with Crippen LogP contribution in [0.1, 0.15) is 11.4 Å². The molecule has 2 aromatic carbocycles. The third kappa shape index (κ3) is 3.59. The molecule has 5 nitrogen and oxygen atoms in total. The van der Waals surface area contributed by atoms with Crippen molar-refractivity contribution >= 4 is 28.6 Å². The first-order chi connectivity index (χ1) is 13.1. The predicted octanol–water partition coefficient (Wildman–Crippen LogP) is 3.24. The van der Waals surface area contributed by atoms with Crippen LogP contribution in [0.5, 0.6) is 0 Å². The molecule has 1 amide bonds. The number of ether oxygens (including phenoxy) is 1. The van der Waals surface area contributed by atoms with Crippen LogP contribution in [0.2, 0.25) is 0 Å². The average molecular weight is 369 g/mol. The summed E-state index contributed by atoms with van der Waals surface area (Å²) < 4.78 is 32.2. The van der Waals surface area contributed by atoms with E-state index in [1.807, 2.05) is 24.3 Å². The van der Waals surface area contributed by atoms with Crippen molar-refractivity contribution in [2.45, 2.75) is 0 Å². The number of para-hydroxylation sites is 2. The lowest BCUT2D eigenvalue weighted by molar-refractivity contribution is -0.128. The van der Waals surface area contributed by atoms with E-state index in [0.717, 1.165) is 23.2 Å². The normalized spacial score (nSPS) is 15.3. The summed E-state index contributed by atoms with van der Waals surface area (Å²) in [6, 6.07) is 10.9. The van der Waals surface area contributed by atoms with Crippen molar-refractivity contribution in [3.8, 4) is 0 Å². The zero-order chi connectivity index (χ0) is 18.8. The molecule has 0 saturated carbocycles. The highest BCUT2D eigenvalue weighted by Crippen LogP contribution is 2.23. The second kappa shape index (κ2) is 7.28. The molecule has 138 valence electrons. The van der Waals surface area contributed by atoms with Gasteiger partial charge >= 0.3 is 0 Å². The molecule has 0 aliphatic carbocycles. The molecule has 1 aromatic heterocycles. The van der Waals surface area contributed by atoms with Crippen molar-refractivity contribution < 1.29 is 18.3 Å². The number of hydrogen-bond donors (Lipinski definition) is 1. The highest BCUT2D eigenvalue weighted by Gasteiger charge is 2.24. The first-order valence-electron chi connectivity index (χ1n) is 8.61. The quantitative estimate of drug-likeness (QED) is 0.721. The first-order valence-corrected chi connectivity index (χ1v) is 8.61. The van der Waals surface area contributed by atoms with Gasteiger partial charge in [0.15, 0.2) is 11.6 Å². The van der Waals surface area contributed by atoms with Crippen LogP contribution in [0.25, 0.3) is 22.7 Å². The lowest BCUT2D eigenvalue weighted by Crippen LogP contribution is -2.41. The topological polar surface area (TPSA) is 58.2 Å². The van der Waals surface area contributed by atoms with E-state index >= 15 is 0 Å². The third-order valence-corrected chi connectivity index (χ3v) is 4.43. The molecule has 1 saturated heterocycles. The maximum absolute atomic E-state index is 13.6. The predicted molar refractivity (Wildman–Crippen MR) is 97.7 cm³/mol. The maximum atomic E-state index is 13.6. The summed E-state index contributed by atoms with van der Waals surface area (Å²) in [7, 11) is 0. The number of benzene rings is 2. The number of morpholine rings is 1. The van der Waals surface area contributed by atoms with Crippen molar-refractivity contribution in [3.05, 3.63) is 65.5 Å². The number of carbonyl (C=O) groups is 1. The lowest BCUT2D eigenvalue weighted by atomic mass is 10.1. The van der Waals surface area contributed by atoms with Crippen LogP contribution in [0.4, 0.5) is 8.78 Å². The standard InChI is InChI=1S/C20H17F2N3O2/c21-15-6-5-13(12-16(15)22)11-14(20(26)25-7-9-27-10-8-25)19-23-17-3-1-2-4-18(17)24-19/h1-6,11-12H,7-10H2,(H,23,24). The van der Waals surface area contributed by atoms with Gasteiger partial charge in [-0.3, -0.25) is 4.79 Å². The van der Waals surface area contributed by atoms with Crippen LogP contribution < -0.4 is 0 Å². The Kier molecular flexibility index (Phi) is 4.68. The number of nitrogens with zero attached hydrogens (tertiary/aromatic N) is 2. The maximum Gasteiger partial charge on any atom is 0.257 e. The molecule has 3 aromatic rings. The van der Waals surface area contributed by atoms with Gasteiger partial charge < -0.3 is 14.6 Å². The van der Waals surface area contributed by atoms with Crippen LogP contribution >= 0.6 is 0 Å². The minimum absolute atomic E-state index is 0.234. The summed E-state index contributed by atoms with van der Waals surface area (Å²) in [5.41, 5.74) is 2.18. The van der Waals surface area contributed by atoms with Gasteiger partial charge in [-0.15, -0.1) is 0 Å². The fourth-order valence-corrected chi connectivity index (χ4v) is 3.02. The smallest absolute Gasteiger partial charge is 0.257 e. The Hall–Kier alpha value is -3.06. The molecule has 2 heterocycles. The summed E-state index contributed by atoms with van der Waals surface area (Å²) in [4.78, 5) is 22.4. The van der Waals surface area contributed by atoms with Crippen molar-refractivity contribution in [2.75, 3.05) is 26.3 Å². The third-order valence-electron chi connectivity index (χ3n) is 4.43. The number of carbonyl (C=O) groups excluding carboxylic acids is 1. The summed E-state index contributed by atoms with van der Waals surface area (Å²) in [5, 5.41) is 0. The average Bonchev–Trinajstić information content (AvgIpc) is 3.13. The number of amides is 1. The molecular formula is C20H17F2N3O2. The summed E-state index contributed by atoms with van der Waals surface area (Å²) in [6.45, 7) is 1.86. The van der Waals surface area contributed by atoms with Gasteiger partial charge in [0.25, 0.3) is 5.91 Å². The van der Waals surface area contributed by atoms with E-state index in [0.29, 0.717) is 43.3 Å². The molecule has 1 aliphatic rings. The number of fused-ring (bicyclic) bond motifs is 1. The molecule has 0 atom stereocenters. The van der Waals surface area contributed by atoms with Crippen LogP contribution in [0.3, 0.4) is 0 Å². The van der Waals surface area contributed by atoms with Crippen LogP contribution in [-0.2, 0) is 9.53 Å². The fourth-order valence-electron chi connectivity index (χ4n) is 3.02. The molecule has 1 aliphatic heterocycles. The Labute approximate surface area is 154 Å². The van der Waals surface area contributed by atoms with Gasteiger partial charge in [0, 0.05) is 13.1 Å². The monoisotopic (exact) mass is 369 g/mol. The molecule has 4 rings (SSSR count). The minimum atomic E-state index is -0.966. The van der Waals surface area contributed by atoms with Crippen molar-refractivity contribution in [3.63, 3.8) is 0 Å². The van der Waals surface area contributed by atoms with Gasteiger partial charge in [-0.1, -0.05) is 18.2 Å². The number of rotatable bonds is 3. The second-order valence-electron chi connectivity index (χ2n) is 6.24. The SMILES string of the molecule is O=C(C(=Cc1ccc(F)c(F)c1)c1nc2ccccc2[nH]1)N1CCOCC1. The van der Waals surface area contributed by atoms with E-state index in [-0.39, 0.29) is 5.91 Å². The molecule has 27 heavy (non-hydrogen) atoms. The number of aromatic amines is 1. The van der Waals surface area contributed by atoms with E-state index in [1.165, 1.54) is 12.1 Å². The zero-order valence-corrected chi connectivity index (χ0v) is 14.4. The van der Waals surface area contributed by atoms with Crippen LogP contribution in [-0.4, -0.2) is 47.1 Å². The molecule has 0 radical (unpaired) electrons. The number of hydrogen-bond acceptors (Lipinski definition) is 3. The summed E-state index contributed by atoms with van der Waals surface area (Å²) in [5.74, 6) is -1.75. The van der Waals surface area contributed by atoms with Crippen LogP contribution in [0, 0.1) is 11.6 Å². The molecule has 0 spiro atoms. The van der Waals surface area contributed by atoms with Gasteiger partial charge in [-0.05, 0) is 35.9 Å². The Morgan fingerprint density at radius 1 is 1.11 bits per heavy atom. The minimum Gasteiger partial charge on any atom is -0.378 e. The van der Waals surface area contributed by atoms with E-state index in [2.05, 4.69) is 9.97 Å². The number of H-pyrrole nitrogens is 1. The molecule has 0 bridgehead atoms. The molecule has 0 unspecified atom stereocenters. The summed E-state index contributed by atoms with van der Waals surface area (Å²) in [6.07, 6.45) is 1.53. The number of aromatic nitrogens is 2. The van der Waals surface area contributed by atoms with Crippen molar-refractivity contribution in [1.82, 2.24) is 14.9 Å². The van der Waals surface area contributed by atoms with Crippen LogP contribution in [0.15, 0.2) is 42.5 Å². The zero-order valence-electron chi connectivity index (χ0n) is 14.4. The fraction of sp³-hybridized carbons (Fsp3) is 0.200. The first kappa shape index (κ1) is 17.4. The summed E-state index contributed by atoms with van der Waals surface area (Å²) >= 11 is 0. The molecule has 1 N–H and O–H groups in total. The van der Waals surface area contributed by atoms with Crippen molar-refractivity contribution in [2.24, 2.45) is 0 Å². The molecule has 7 heteroatoms. The van der Waals surface area contributed by atoms with Gasteiger partial charge in [0.1, 0.15) is 5.82 Å². The van der Waals surface area contributed by atoms with Gasteiger partial charge in [0.2, 0.25) is 0 Å². The van der Waals surface area contributed by atoms with E-state index < -0.39 is 11.6 Å². The van der Waals surface area contributed by atoms with E-state index in [4.69, 9.17) is 4.74 Å². The van der Waals surface area contributed by atoms with E-state index in [1.54, 1.807) is 4.90 Å². The van der Waals surface area contributed by atoms with Crippen molar-refractivity contribution in [1.29, 1.82) is 0 Å². The molecular weight excluding hydrogens is 352 g/mol. The van der Waals surface area contributed by atoms with Gasteiger partial charge in [-0.2, -0.15) is 0 Å². The molecule has 1 fully saturated rings. The Morgan fingerprint density at radius 2 is 1.89 bits per heavy atom. The largest absolute Gasteiger partial charge is 0.378 e. The van der Waals surface area contributed by atoms with Gasteiger partial charge in [-0.25, -0.2) is 13.8 Å². The Morgan fingerprint density at radius 3 is 2.63 bits per heavy atom. The number of imidazole rings is 1. The number of halogens is 2. The highest BCUT2D eigenvalue weighted by atomic mass is 19.2.